The molecule has 8 nitrogen and oxygen atoms in total. The predicted molar refractivity (Wildman–Crippen MR) is 169 cm³/mol. The van der Waals surface area contributed by atoms with Crippen LogP contribution in [0.25, 0.3) is 0 Å². The Hall–Kier alpha value is -1.85. The average Bonchev–Trinajstić information content (AvgIpc) is 3.67. The molecule has 2 heterocycles. The largest absolute Gasteiger partial charge is 0.744 e. The van der Waals surface area contributed by atoms with Gasteiger partial charge in [0, 0.05) is 6.42 Å². The zero-order valence-corrected chi connectivity index (χ0v) is 27.9. The lowest BCUT2D eigenvalue weighted by Crippen LogP contribution is -2.30. The summed E-state index contributed by atoms with van der Waals surface area (Å²) >= 11 is 1.66. The van der Waals surface area contributed by atoms with Crippen molar-refractivity contribution in [3.63, 3.8) is 0 Å². The number of benzene rings is 1. The minimum atomic E-state index is -4.27. The van der Waals surface area contributed by atoms with Crippen LogP contribution in [-0.2, 0) is 35.7 Å². The third kappa shape index (κ3) is 18.5. The van der Waals surface area contributed by atoms with Crippen LogP contribution < -0.4 is 4.57 Å². The first kappa shape index (κ1) is 37.3. The molecule has 1 aliphatic rings. The highest BCUT2D eigenvalue weighted by Gasteiger charge is 2.26. The van der Waals surface area contributed by atoms with Crippen LogP contribution in [0.2, 0.25) is 0 Å². The third-order valence-corrected chi connectivity index (χ3v) is 8.94. The van der Waals surface area contributed by atoms with Gasteiger partial charge in [-0.25, -0.2) is 8.42 Å². The van der Waals surface area contributed by atoms with Crippen molar-refractivity contribution in [1.82, 2.24) is 0 Å². The summed E-state index contributed by atoms with van der Waals surface area (Å²) in [4.78, 5) is 11.7. The van der Waals surface area contributed by atoms with E-state index in [0.717, 1.165) is 31.4 Å². The number of aryl methyl sites for hydroxylation is 2. The summed E-state index contributed by atoms with van der Waals surface area (Å²) in [7, 11) is -4.27. The first-order chi connectivity index (χ1) is 20.8. The number of carbonyl (C=O) groups is 1. The molecule has 1 aromatic heterocycles. The maximum atomic E-state index is 11.9. The molecule has 2 aromatic rings. The van der Waals surface area contributed by atoms with Gasteiger partial charge in [0.2, 0.25) is 5.51 Å². The van der Waals surface area contributed by atoms with Gasteiger partial charge in [0.15, 0.2) is 12.5 Å². The number of nitrogens with zero attached hydrogens (tertiary/aromatic N) is 1. The normalized spacial score (nSPS) is 16.5. The molecule has 10 heteroatoms. The van der Waals surface area contributed by atoms with Gasteiger partial charge in [-0.2, -0.15) is 4.57 Å². The second kappa shape index (κ2) is 22.6. The Morgan fingerprint density at radius 1 is 0.953 bits per heavy atom. The lowest BCUT2D eigenvalue weighted by Gasteiger charge is -2.12. The Bertz CT molecular complexity index is 1080. The second-order valence-corrected chi connectivity index (χ2v) is 13.5. The van der Waals surface area contributed by atoms with Gasteiger partial charge >= 0.3 is 5.97 Å². The molecule has 3 rings (SSSR count). The van der Waals surface area contributed by atoms with Crippen LogP contribution in [0.4, 0.5) is 0 Å². The fraction of sp³-hybridized carbons (Fsp3) is 0.697. The molecule has 0 radical (unpaired) electrons. The molecule has 244 valence electrons. The number of thiazole rings is 1. The summed E-state index contributed by atoms with van der Waals surface area (Å²) in [5.74, 6) is -0.149. The number of esters is 1. The molecule has 0 spiro atoms. The fourth-order valence-corrected chi connectivity index (χ4v) is 5.93. The van der Waals surface area contributed by atoms with Crippen molar-refractivity contribution < 1.29 is 36.5 Å². The molecule has 43 heavy (non-hydrogen) atoms. The molecule has 1 aliphatic heterocycles. The van der Waals surface area contributed by atoms with E-state index < -0.39 is 10.1 Å². The van der Waals surface area contributed by atoms with Crippen molar-refractivity contribution in [2.45, 2.75) is 140 Å². The quantitative estimate of drug-likeness (QED) is 0.0603. The number of hydrogen-bond donors (Lipinski definition) is 0. The van der Waals surface area contributed by atoms with Gasteiger partial charge in [0.05, 0.1) is 23.3 Å². The minimum Gasteiger partial charge on any atom is -0.744 e. The third-order valence-electron chi connectivity index (χ3n) is 7.42. The molecule has 0 bridgehead atoms. The molecule has 1 fully saturated rings. The molecule has 0 aliphatic carbocycles. The number of aromatic nitrogens is 1. The van der Waals surface area contributed by atoms with E-state index in [9.17, 15) is 17.8 Å². The van der Waals surface area contributed by atoms with Gasteiger partial charge in [0.25, 0.3) is 0 Å². The summed E-state index contributed by atoms with van der Waals surface area (Å²) in [6, 6.07) is 5.78. The number of carbonyl (C=O) groups excluding carboxylic acids is 1. The first-order valence-corrected chi connectivity index (χ1v) is 18.5. The summed E-state index contributed by atoms with van der Waals surface area (Å²) in [5, 5.41) is 2.03. The van der Waals surface area contributed by atoms with Gasteiger partial charge in [-0.15, -0.1) is 0 Å². The molecule has 0 saturated carbocycles. The zero-order chi connectivity index (χ0) is 31.2. The molecule has 2 atom stereocenters. The van der Waals surface area contributed by atoms with E-state index in [2.05, 4.69) is 11.5 Å². The standard InChI is InChI=1S/C26H46NO4S.C7H8O3S/c1-2-3-4-5-6-7-8-9-10-11-12-13-14-17-26-30-22-24(31-26)21-29-25(28)16-15-18-27-19-20-32-23-27;1-6-2-4-7(5-3-6)11(8,9)10/h19-20,23-24,26H,2-18,21-22H2,1H3;2-5H,1H3,(H,8,9,10)/q+1;/p-1/t24-,26-;/m1./s1. The monoisotopic (exact) mass is 639 g/mol. The van der Waals surface area contributed by atoms with Gasteiger partial charge in [0.1, 0.15) is 29.4 Å². The fourth-order valence-electron chi connectivity index (χ4n) is 4.83. The van der Waals surface area contributed by atoms with Gasteiger partial charge in [-0.05, 0) is 31.9 Å². The highest BCUT2D eigenvalue weighted by atomic mass is 32.2. The molecule has 0 amide bonds. The van der Waals surface area contributed by atoms with Crippen LogP contribution >= 0.6 is 11.3 Å². The predicted octanol–water partition coefficient (Wildman–Crippen LogP) is 7.48. The van der Waals surface area contributed by atoms with E-state index in [-0.39, 0.29) is 23.3 Å². The maximum absolute atomic E-state index is 11.9. The van der Waals surface area contributed by atoms with E-state index in [0.29, 0.717) is 19.6 Å². The number of rotatable bonds is 21. The van der Waals surface area contributed by atoms with E-state index >= 15 is 0 Å². The van der Waals surface area contributed by atoms with Crippen molar-refractivity contribution in [3.05, 3.63) is 46.9 Å². The van der Waals surface area contributed by atoms with Crippen LogP contribution in [-0.4, -0.2) is 44.5 Å². The van der Waals surface area contributed by atoms with Crippen molar-refractivity contribution in [3.8, 4) is 0 Å². The minimum absolute atomic E-state index is 0.114. The van der Waals surface area contributed by atoms with Crippen LogP contribution in [0.5, 0.6) is 0 Å². The van der Waals surface area contributed by atoms with E-state index in [1.807, 2.05) is 24.0 Å². The van der Waals surface area contributed by atoms with Crippen molar-refractivity contribution in [2.75, 3.05) is 13.2 Å². The summed E-state index contributed by atoms with van der Waals surface area (Å²) in [6.07, 6.45) is 21.7. The lowest BCUT2D eigenvalue weighted by molar-refractivity contribution is -0.692. The molecular weight excluding hydrogens is 586 g/mol. The van der Waals surface area contributed by atoms with Gasteiger partial charge in [-0.3, -0.25) is 4.79 Å². The molecule has 0 unspecified atom stereocenters. The average molecular weight is 640 g/mol. The Labute approximate surface area is 263 Å². The molecular formula is C33H53NO7S2. The highest BCUT2D eigenvalue weighted by molar-refractivity contribution is 7.85. The Morgan fingerprint density at radius 2 is 1.56 bits per heavy atom. The van der Waals surface area contributed by atoms with E-state index in [1.54, 1.807) is 23.5 Å². The number of hydrogen-bond acceptors (Lipinski definition) is 8. The topological polar surface area (TPSA) is 106 Å². The first-order valence-electron chi connectivity index (χ1n) is 16.1. The molecule has 1 aromatic carbocycles. The summed E-state index contributed by atoms with van der Waals surface area (Å²) in [5.41, 5.74) is 2.98. The highest BCUT2D eigenvalue weighted by Crippen LogP contribution is 2.19. The SMILES string of the molecule is CCCCCCCCCCCCCCC[C@@H]1OC[C@@H](COC(=O)CCC[n+]2ccsc2)O1.Cc1ccc(S(=O)(=O)[O-])cc1. The Balaban J connectivity index is 0.000000490. The summed E-state index contributed by atoms with van der Waals surface area (Å²) < 4.78 is 50.2. The lowest BCUT2D eigenvalue weighted by atomic mass is 10.0. The van der Waals surface area contributed by atoms with Crippen LogP contribution in [0.1, 0.15) is 115 Å². The smallest absolute Gasteiger partial charge is 0.306 e. The molecule has 1 saturated heterocycles. The van der Waals surface area contributed by atoms with E-state index in [1.165, 1.54) is 89.2 Å². The zero-order valence-electron chi connectivity index (χ0n) is 26.3. The number of ether oxygens (including phenoxy) is 3. The van der Waals surface area contributed by atoms with Crippen LogP contribution in [0.15, 0.2) is 46.2 Å². The van der Waals surface area contributed by atoms with Crippen molar-refractivity contribution in [2.24, 2.45) is 0 Å². The van der Waals surface area contributed by atoms with Crippen LogP contribution in [0.3, 0.4) is 0 Å². The second-order valence-electron chi connectivity index (χ2n) is 11.4. The van der Waals surface area contributed by atoms with Gasteiger partial charge in [-0.1, -0.05) is 113 Å². The van der Waals surface area contributed by atoms with Gasteiger partial charge < -0.3 is 18.8 Å². The molecule has 0 N–H and O–H groups in total. The number of unbranched alkanes of at least 4 members (excludes halogenated alkanes) is 12. The van der Waals surface area contributed by atoms with E-state index in [4.69, 9.17) is 14.2 Å². The van der Waals surface area contributed by atoms with Crippen LogP contribution in [0, 0.1) is 6.92 Å². The van der Waals surface area contributed by atoms with Crippen molar-refractivity contribution >= 4 is 27.4 Å². The Kier molecular flexibility index (Phi) is 19.6. The Morgan fingerprint density at radius 3 is 2.12 bits per heavy atom. The van der Waals surface area contributed by atoms with Crippen molar-refractivity contribution in [1.29, 1.82) is 0 Å². The summed E-state index contributed by atoms with van der Waals surface area (Å²) in [6.45, 7) is 5.78. The maximum Gasteiger partial charge on any atom is 0.306 e.